The highest BCUT2D eigenvalue weighted by Crippen LogP contribution is 2.47. The van der Waals surface area contributed by atoms with Gasteiger partial charge in [0.1, 0.15) is 22.6 Å². The number of rotatable bonds is 4. The summed E-state index contributed by atoms with van der Waals surface area (Å²) >= 11 is 5.81. The van der Waals surface area contributed by atoms with Gasteiger partial charge in [0.25, 0.3) is 0 Å². The van der Waals surface area contributed by atoms with Gasteiger partial charge in [-0.1, -0.05) is 17.7 Å². The average molecular weight is 278 g/mol. The average Bonchev–Trinajstić information content (AvgIpc) is 3.12. The number of esters is 1. The van der Waals surface area contributed by atoms with Crippen LogP contribution in [0.15, 0.2) is 24.8 Å². The van der Waals surface area contributed by atoms with E-state index in [1.165, 1.54) is 13.2 Å². The van der Waals surface area contributed by atoms with Crippen molar-refractivity contribution in [1.82, 2.24) is 4.98 Å². The Morgan fingerprint density at radius 1 is 1.79 bits per heavy atom. The van der Waals surface area contributed by atoms with Gasteiger partial charge < -0.3 is 10.1 Å². The molecule has 0 radical (unpaired) electrons. The molecule has 1 N–H and O–H groups in total. The van der Waals surface area contributed by atoms with Crippen molar-refractivity contribution in [2.75, 3.05) is 12.4 Å². The molecule has 0 amide bonds. The van der Waals surface area contributed by atoms with Crippen molar-refractivity contribution in [3.05, 3.63) is 35.5 Å². The number of ether oxygens (including phenoxy) is 1. The van der Waals surface area contributed by atoms with Crippen molar-refractivity contribution in [1.29, 1.82) is 5.26 Å². The van der Waals surface area contributed by atoms with Crippen LogP contribution >= 0.6 is 11.6 Å². The number of nitriles is 1. The number of aromatic nitrogens is 1. The van der Waals surface area contributed by atoms with Gasteiger partial charge in [0.2, 0.25) is 0 Å². The number of pyridine rings is 1. The van der Waals surface area contributed by atoms with Crippen LogP contribution in [0.25, 0.3) is 0 Å². The number of carbonyl (C=O) groups excluding carboxylic acids is 1. The van der Waals surface area contributed by atoms with E-state index < -0.39 is 11.5 Å². The van der Waals surface area contributed by atoms with Crippen molar-refractivity contribution in [2.45, 2.75) is 12.0 Å². The SMILES string of the molecule is C=C[C@H]1C[C@@]1(Nc1nc(Cl)ccc1C#N)C(=O)OC. The van der Waals surface area contributed by atoms with Crippen LogP contribution in [0.2, 0.25) is 5.15 Å². The Morgan fingerprint density at radius 2 is 2.53 bits per heavy atom. The molecule has 0 saturated heterocycles. The zero-order chi connectivity index (χ0) is 14.0. The van der Waals surface area contributed by atoms with Crippen molar-refractivity contribution in [3.8, 4) is 6.07 Å². The van der Waals surface area contributed by atoms with E-state index in [1.807, 2.05) is 6.07 Å². The molecule has 1 fully saturated rings. The third-order valence-corrected chi connectivity index (χ3v) is 3.38. The first kappa shape index (κ1) is 13.4. The fourth-order valence-electron chi connectivity index (χ4n) is 2.02. The zero-order valence-corrected chi connectivity index (χ0v) is 11.1. The van der Waals surface area contributed by atoms with Crippen LogP contribution in [0.5, 0.6) is 0 Å². The van der Waals surface area contributed by atoms with Gasteiger partial charge in [-0.05, 0) is 18.6 Å². The Morgan fingerprint density at radius 3 is 3.05 bits per heavy atom. The first-order valence-corrected chi connectivity index (χ1v) is 6.01. The highest BCUT2D eigenvalue weighted by molar-refractivity contribution is 6.29. The molecule has 2 rings (SSSR count). The molecule has 1 aromatic rings. The van der Waals surface area contributed by atoms with Gasteiger partial charge in [-0.3, -0.25) is 0 Å². The summed E-state index contributed by atoms with van der Waals surface area (Å²) in [7, 11) is 1.32. The minimum absolute atomic E-state index is 0.0488. The molecule has 0 aromatic carbocycles. The van der Waals surface area contributed by atoms with E-state index in [1.54, 1.807) is 12.1 Å². The van der Waals surface area contributed by atoms with E-state index in [0.717, 1.165) is 0 Å². The summed E-state index contributed by atoms with van der Waals surface area (Å²) < 4.78 is 4.79. The Hall–Kier alpha value is -2.06. The summed E-state index contributed by atoms with van der Waals surface area (Å²) in [6.07, 6.45) is 2.24. The first-order valence-electron chi connectivity index (χ1n) is 5.63. The highest BCUT2D eigenvalue weighted by Gasteiger charge is 2.60. The summed E-state index contributed by atoms with van der Waals surface area (Å²) in [5.41, 5.74) is -0.567. The van der Waals surface area contributed by atoms with Gasteiger partial charge in [-0.2, -0.15) is 5.26 Å². The first-order chi connectivity index (χ1) is 9.07. The number of hydrogen-bond acceptors (Lipinski definition) is 5. The molecule has 2 atom stereocenters. The maximum absolute atomic E-state index is 11.9. The van der Waals surface area contributed by atoms with Crippen LogP contribution in [0.3, 0.4) is 0 Å². The lowest BCUT2D eigenvalue weighted by atomic mass is 10.2. The minimum atomic E-state index is -0.889. The molecule has 1 saturated carbocycles. The summed E-state index contributed by atoms with van der Waals surface area (Å²) in [5, 5.41) is 12.3. The van der Waals surface area contributed by atoms with Crippen LogP contribution in [0, 0.1) is 17.2 Å². The molecule has 1 aliphatic carbocycles. The third-order valence-electron chi connectivity index (χ3n) is 3.17. The summed E-state index contributed by atoms with van der Waals surface area (Å²) in [5.74, 6) is -0.167. The topological polar surface area (TPSA) is 75.0 Å². The molecule has 6 heteroatoms. The van der Waals surface area contributed by atoms with E-state index in [-0.39, 0.29) is 16.9 Å². The maximum Gasteiger partial charge on any atom is 0.332 e. The Labute approximate surface area is 115 Å². The van der Waals surface area contributed by atoms with Crippen molar-refractivity contribution >= 4 is 23.4 Å². The van der Waals surface area contributed by atoms with E-state index in [9.17, 15) is 4.79 Å². The molecule has 98 valence electrons. The molecule has 5 nitrogen and oxygen atoms in total. The predicted octanol–water partition coefficient (Wildman–Crippen LogP) is 2.14. The van der Waals surface area contributed by atoms with Gasteiger partial charge in [0, 0.05) is 5.92 Å². The van der Waals surface area contributed by atoms with Gasteiger partial charge in [0.15, 0.2) is 0 Å². The van der Waals surface area contributed by atoms with E-state index in [2.05, 4.69) is 16.9 Å². The lowest BCUT2D eigenvalue weighted by Gasteiger charge is -2.17. The standard InChI is InChI=1S/C13H12ClN3O2/c1-3-9-6-13(9,12(18)19-2)17-11-8(7-15)4-5-10(14)16-11/h3-5,9H,1,6H2,2H3,(H,16,17)/t9-,13-/m0/s1. The smallest absolute Gasteiger partial charge is 0.332 e. The molecule has 0 aliphatic heterocycles. The number of anilines is 1. The quantitative estimate of drug-likeness (QED) is 0.518. The molecule has 0 bridgehead atoms. The monoisotopic (exact) mass is 277 g/mol. The van der Waals surface area contributed by atoms with Crippen LogP contribution in [0.1, 0.15) is 12.0 Å². The summed E-state index contributed by atoms with van der Waals surface area (Å²) in [6, 6.07) is 5.07. The van der Waals surface area contributed by atoms with Crippen molar-refractivity contribution < 1.29 is 9.53 Å². The fourth-order valence-corrected chi connectivity index (χ4v) is 2.16. The van der Waals surface area contributed by atoms with Gasteiger partial charge >= 0.3 is 5.97 Å². The lowest BCUT2D eigenvalue weighted by Crippen LogP contribution is -2.35. The van der Waals surface area contributed by atoms with Gasteiger partial charge in [0.05, 0.1) is 12.7 Å². The second kappa shape index (κ2) is 4.90. The van der Waals surface area contributed by atoms with Crippen LogP contribution in [-0.2, 0) is 9.53 Å². The Kier molecular flexibility index (Phi) is 3.45. The minimum Gasteiger partial charge on any atom is -0.467 e. The summed E-state index contributed by atoms with van der Waals surface area (Å²) in [6.45, 7) is 3.68. The molecular weight excluding hydrogens is 266 g/mol. The summed E-state index contributed by atoms with van der Waals surface area (Å²) in [4.78, 5) is 15.9. The van der Waals surface area contributed by atoms with E-state index >= 15 is 0 Å². The molecule has 0 spiro atoms. The van der Waals surface area contributed by atoms with Gasteiger partial charge in [-0.25, -0.2) is 9.78 Å². The molecule has 19 heavy (non-hydrogen) atoms. The van der Waals surface area contributed by atoms with Crippen LogP contribution in [0.4, 0.5) is 5.82 Å². The number of halogens is 1. The second-order valence-electron chi connectivity index (χ2n) is 4.28. The molecule has 1 aromatic heterocycles. The molecule has 1 heterocycles. The van der Waals surface area contributed by atoms with Gasteiger partial charge in [-0.15, -0.1) is 6.58 Å². The Balaban J connectivity index is 2.34. The number of nitrogens with one attached hydrogen (secondary N) is 1. The molecule has 1 aliphatic rings. The molecule has 0 unspecified atom stereocenters. The number of methoxy groups -OCH3 is 1. The van der Waals surface area contributed by atoms with Crippen LogP contribution < -0.4 is 5.32 Å². The van der Waals surface area contributed by atoms with Crippen LogP contribution in [-0.4, -0.2) is 23.6 Å². The number of nitrogens with zero attached hydrogens (tertiary/aromatic N) is 2. The number of carbonyl (C=O) groups is 1. The van der Waals surface area contributed by atoms with E-state index in [4.69, 9.17) is 21.6 Å². The fraction of sp³-hybridized carbons (Fsp3) is 0.308. The zero-order valence-electron chi connectivity index (χ0n) is 10.3. The van der Waals surface area contributed by atoms with Crippen molar-refractivity contribution in [3.63, 3.8) is 0 Å². The lowest BCUT2D eigenvalue weighted by molar-refractivity contribution is -0.142. The third kappa shape index (κ3) is 2.27. The predicted molar refractivity (Wildman–Crippen MR) is 70.6 cm³/mol. The Bertz CT molecular complexity index is 582. The molecular formula is C13H12ClN3O2. The largest absolute Gasteiger partial charge is 0.467 e. The van der Waals surface area contributed by atoms with E-state index in [0.29, 0.717) is 12.0 Å². The normalized spacial score (nSPS) is 24.2. The second-order valence-corrected chi connectivity index (χ2v) is 4.66. The highest BCUT2D eigenvalue weighted by atomic mass is 35.5. The maximum atomic E-state index is 11.9. The number of hydrogen-bond donors (Lipinski definition) is 1. The van der Waals surface area contributed by atoms with Crippen molar-refractivity contribution in [2.24, 2.45) is 5.92 Å².